The van der Waals surface area contributed by atoms with Gasteiger partial charge in [-0.15, -0.1) is 5.75 Å². The molecule has 0 atom stereocenters. The first-order valence-corrected chi connectivity index (χ1v) is 12.0. The lowest BCUT2D eigenvalue weighted by atomic mass is 10.0. The van der Waals surface area contributed by atoms with Crippen LogP contribution < -0.4 is 5.11 Å². The Hall–Kier alpha value is -1.02. The number of unbranched alkanes of at least 4 members (excludes halogenated alkanes) is 4. The lowest BCUT2D eigenvalue weighted by Gasteiger charge is -2.39. The highest BCUT2D eigenvalue weighted by atomic mass is 16.3. The summed E-state index contributed by atoms with van der Waals surface area (Å²) in [6.45, 7) is 21.0. The van der Waals surface area contributed by atoms with E-state index in [0.717, 1.165) is 11.1 Å². The molecule has 0 aliphatic rings. The fourth-order valence-corrected chi connectivity index (χ4v) is 3.76. The molecule has 0 heterocycles. The molecule has 0 fully saturated rings. The van der Waals surface area contributed by atoms with E-state index < -0.39 is 0 Å². The van der Waals surface area contributed by atoms with Gasteiger partial charge in [0.05, 0.1) is 26.2 Å². The summed E-state index contributed by atoms with van der Waals surface area (Å²) >= 11 is 0. The smallest absolute Gasteiger partial charge is 0.0786 e. The summed E-state index contributed by atoms with van der Waals surface area (Å²) in [5.41, 5.74) is 1.95. The molecule has 0 aliphatic heterocycles. The lowest BCUT2D eigenvalue weighted by Crippen LogP contribution is -2.50. The molecule has 0 radical (unpaired) electrons. The third-order valence-corrected chi connectivity index (χ3v) is 5.74. The van der Waals surface area contributed by atoms with E-state index >= 15 is 0 Å². The Morgan fingerprint density at radius 3 is 1.43 bits per heavy atom. The highest BCUT2D eigenvalue weighted by molar-refractivity contribution is 5.36. The molecule has 1 aromatic rings. The predicted octanol–water partition coefficient (Wildman–Crippen LogP) is 7.20. The van der Waals surface area contributed by atoms with E-state index in [4.69, 9.17) is 0 Å². The zero-order chi connectivity index (χ0) is 21.4. The Morgan fingerprint density at radius 2 is 1.14 bits per heavy atom. The fraction of sp³-hybridized carbons (Fsp3) is 0.769. The normalized spacial score (nSPS) is 11.4. The van der Waals surface area contributed by atoms with Gasteiger partial charge in [-0.25, -0.2) is 0 Å². The summed E-state index contributed by atoms with van der Waals surface area (Å²) in [6.07, 6.45) is 11.1. The number of hydrogen-bond donors (Lipinski definition) is 0. The van der Waals surface area contributed by atoms with E-state index in [2.05, 4.69) is 27.7 Å². The molecule has 0 unspecified atom stereocenters. The van der Waals surface area contributed by atoms with Crippen molar-refractivity contribution >= 4 is 0 Å². The van der Waals surface area contributed by atoms with Crippen molar-refractivity contribution in [3.05, 3.63) is 29.3 Å². The van der Waals surface area contributed by atoms with Gasteiger partial charge in [0, 0.05) is 0 Å². The Bertz CT molecular complexity index is 458. The van der Waals surface area contributed by atoms with Crippen molar-refractivity contribution in [2.75, 3.05) is 26.2 Å². The number of aryl methyl sites for hydroxylation is 1. The van der Waals surface area contributed by atoms with E-state index in [1.165, 1.54) is 82.0 Å². The number of rotatable bonds is 13. The summed E-state index contributed by atoms with van der Waals surface area (Å²) in [4.78, 5) is 0. The van der Waals surface area contributed by atoms with E-state index in [1.807, 2.05) is 32.9 Å². The van der Waals surface area contributed by atoms with Crippen LogP contribution in [-0.2, 0) is 0 Å². The van der Waals surface area contributed by atoms with Crippen molar-refractivity contribution in [2.45, 2.75) is 106 Å². The van der Waals surface area contributed by atoms with Gasteiger partial charge in [-0.05, 0) is 38.5 Å². The highest BCUT2D eigenvalue weighted by Crippen LogP contribution is 2.23. The fourth-order valence-electron chi connectivity index (χ4n) is 3.76. The van der Waals surface area contributed by atoms with Crippen molar-refractivity contribution in [1.29, 1.82) is 0 Å². The van der Waals surface area contributed by atoms with Crippen LogP contribution in [0.3, 0.4) is 0 Å². The van der Waals surface area contributed by atoms with Crippen LogP contribution in [-0.4, -0.2) is 30.7 Å². The quantitative estimate of drug-likeness (QED) is 0.326. The van der Waals surface area contributed by atoms with Gasteiger partial charge in [-0.3, -0.25) is 0 Å². The van der Waals surface area contributed by atoms with Gasteiger partial charge in [-0.2, -0.15) is 0 Å². The first kappa shape index (κ1) is 27.0. The summed E-state index contributed by atoms with van der Waals surface area (Å²) in [5.74, 6) is 0.503. The molecule has 0 amide bonds. The molecule has 0 bridgehead atoms. The molecule has 2 heteroatoms. The Labute approximate surface area is 177 Å². The number of hydrogen-bond acceptors (Lipinski definition) is 1. The lowest BCUT2D eigenvalue weighted by molar-refractivity contribution is -0.929. The second-order valence-corrected chi connectivity index (χ2v) is 8.85. The molecular formula is C26H49NO. The van der Waals surface area contributed by atoms with Gasteiger partial charge in [0.2, 0.25) is 0 Å². The minimum atomic E-state index is 0.167. The summed E-state index contributed by atoms with van der Waals surface area (Å²) in [5, 5.41) is 11.3. The third-order valence-electron chi connectivity index (χ3n) is 5.74. The van der Waals surface area contributed by atoms with Crippen molar-refractivity contribution in [3.8, 4) is 5.75 Å². The van der Waals surface area contributed by atoms with E-state index in [0.29, 0.717) is 5.92 Å². The van der Waals surface area contributed by atoms with Crippen molar-refractivity contribution in [1.82, 2.24) is 0 Å². The Balaban J connectivity index is 0.000000567. The Morgan fingerprint density at radius 1 is 0.750 bits per heavy atom. The molecular weight excluding hydrogens is 342 g/mol. The predicted molar refractivity (Wildman–Crippen MR) is 124 cm³/mol. The molecule has 0 aromatic heterocycles. The topological polar surface area (TPSA) is 23.1 Å². The van der Waals surface area contributed by atoms with Crippen LogP contribution in [0.1, 0.15) is 110 Å². The number of nitrogens with zero attached hydrogens (tertiary/aromatic N) is 1. The van der Waals surface area contributed by atoms with Crippen molar-refractivity contribution in [2.24, 2.45) is 0 Å². The molecule has 164 valence electrons. The summed E-state index contributed by atoms with van der Waals surface area (Å²) in [6, 6.07) is 5.59. The minimum absolute atomic E-state index is 0.167. The van der Waals surface area contributed by atoms with Crippen LogP contribution >= 0.6 is 0 Å². The first-order valence-electron chi connectivity index (χ1n) is 12.0. The summed E-state index contributed by atoms with van der Waals surface area (Å²) in [7, 11) is 0. The maximum Gasteiger partial charge on any atom is 0.0786 e. The van der Waals surface area contributed by atoms with Crippen LogP contribution in [0.15, 0.2) is 18.2 Å². The van der Waals surface area contributed by atoms with E-state index in [9.17, 15) is 5.11 Å². The van der Waals surface area contributed by atoms with E-state index in [-0.39, 0.29) is 5.75 Å². The third kappa shape index (κ3) is 11.1. The standard InChI is InChI=1S/C16H36N.C10H14O/c1-5-9-13-17(14-10-6-2,15-11-7-3)16-12-8-4;1-7(2)9-5-4-8(3)6-10(9)11/h5-16H2,1-4H3;4-7,11H,1-3H3/q+1;/p-1. The minimum Gasteiger partial charge on any atom is -0.872 e. The van der Waals surface area contributed by atoms with Gasteiger partial charge in [0.15, 0.2) is 0 Å². The first-order chi connectivity index (χ1) is 13.4. The van der Waals surface area contributed by atoms with Crippen molar-refractivity contribution < 1.29 is 9.59 Å². The molecule has 0 aliphatic carbocycles. The zero-order valence-electron chi connectivity index (χ0n) is 20.2. The average molecular weight is 392 g/mol. The van der Waals surface area contributed by atoms with Crippen molar-refractivity contribution in [3.63, 3.8) is 0 Å². The van der Waals surface area contributed by atoms with Crippen LogP contribution in [0, 0.1) is 6.92 Å². The maximum absolute atomic E-state index is 11.3. The molecule has 28 heavy (non-hydrogen) atoms. The van der Waals surface area contributed by atoms with Crippen LogP contribution in [0.2, 0.25) is 0 Å². The molecule has 0 saturated heterocycles. The zero-order valence-corrected chi connectivity index (χ0v) is 20.2. The number of benzene rings is 1. The van der Waals surface area contributed by atoms with Crippen LogP contribution in [0.4, 0.5) is 0 Å². The summed E-state index contributed by atoms with van der Waals surface area (Å²) < 4.78 is 1.42. The van der Waals surface area contributed by atoms with Gasteiger partial charge >= 0.3 is 0 Å². The van der Waals surface area contributed by atoms with Gasteiger partial charge in [0.25, 0.3) is 0 Å². The number of quaternary nitrogens is 1. The second-order valence-electron chi connectivity index (χ2n) is 8.85. The molecule has 2 nitrogen and oxygen atoms in total. The maximum atomic E-state index is 11.3. The van der Waals surface area contributed by atoms with Crippen LogP contribution in [0.25, 0.3) is 0 Å². The Kier molecular flexibility index (Phi) is 15.3. The average Bonchev–Trinajstić information content (AvgIpc) is 2.67. The van der Waals surface area contributed by atoms with Gasteiger partial charge < -0.3 is 9.59 Å². The molecule has 0 N–H and O–H groups in total. The molecule has 1 rings (SSSR count). The molecule has 1 aromatic carbocycles. The van der Waals surface area contributed by atoms with Gasteiger partial charge in [0.1, 0.15) is 0 Å². The highest BCUT2D eigenvalue weighted by Gasteiger charge is 2.24. The molecule has 0 saturated carbocycles. The van der Waals surface area contributed by atoms with Crippen LogP contribution in [0.5, 0.6) is 5.75 Å². The second kappa shape index (κ2) is 15.9. The molecule has 0 spiro atoms. The van der Waals surface area contributed by atoms with E-state index in [1.54, 1.807) is 6.07 Å². The monoisotopic (exact) mass is 391 g/mol. The SMILES string of the molecule is CCCC[N+](CCCC)(CCCC)CCCC.Cc1ccc(C(C)C)c([O-])c1. The largest absolute Gasteiger partial charge is 0.872 e. The van der Waals surface area contributed by atoms with Gasteiger partial charge in [-0.1, -0.05) is 96.6 Å².